The molecule has 0 aliphatic heterocycles. The number of rotatable bonds is 6. The minimum absolute atomic E-state index is 0.0461. The minimum Gasteiger partial charge on any atom is -0.460 e. The van der Waals surface area contributed by atoms with E-state index >= 15 is 0 Å². The summed E-state index contributed by atoms with van der Waals surface area (Å²) in [6.07, 6.45) is 0. The van der Waals surface area contributed by atoms with Crippen molar-refractivity contribution in [2.24, 2.45) is 0 Å². The van der Waals surface area contributed by atoms with Gasteiger partial charge in [-0.05, 0) is 38.2 Å². The van der Waals surface area contributed by atoms with Crippen LogP contribution in [0.15, 0.2) is 45.3 Å². The lowest BCUT2D eigenvalue weighted by molar-refractivity contribution is 0.225. The monoisotopic (exact) mass is 430 g/mol. The number of hydrogen-bond acceptors (Lipinski definition) is 7. The van der Waals surface area contributed by atoms with Crippen LogP contribution in [-0.2, 0) is 6.54 Å². The highest BCUT2D eigenvalue weighted by molar-refractivity contribution is 9.10. The summed E-state index contributed by atoms with van der Waals surface area (Å²) in [6, 6.07) is 12.0. The van der Waals surface area contributed by atoms with Gasteiger partial charge in [-0.3, -0.25) is 4.90 Å². The zero-order valence-corrected chi connectivity index (χ0v) is 17.4. The molecule has 7 nitrogen and oxygen atoms in total. The molecule has 0 radical (unpaired) electrons. The van der Waals surface area contributed by atoms with Crippen LogP contribution < -0.4 is 10.6 Å². The molecule has 2 aromatic heterocycles. The van der Waals surface area contributed by atoms with Gasteiger partial charge in [0.05, 0.1) is 12.6 Å². The Morgan fingerprint density at radius 1 is 1.04 bits per heavy atom. The summed E-state index contributed by atoms with van der Waals surface area (Å²) in [6.45, 7) is 2.66. The third-order valence-corrected chi connectivity index (χ3v) is 4.82. The molecule has 0 amide bonds. The van der Waals surface area contributed by atoms with E-state index < -0.39 is 0 Å². The first-order valence-electron chi connectivity index (χ1n) is 8.57. The molecule has 0 bridgehead atoms. The first-order valence-corrected chi connectivity index (χ1v) is 9.36. The molecule has 2 N–H and O–H groups in total. The molecule has 3 aromatic rings. The maximum atomic E-state index is 6.01. The van der Waals surface area contributed by atoms with Crippen molar-refractivity contribution in [2.45, 2.75) is 19.5 Å². The fraction of sp³-hybridized carbons (Fsp3) is 0.316. The van der Waals surface area contributed by atoms with Gasteiger partial charge >= 0.3 is 0 Å². The number of anilines is 2. The van der Waals surface area contributed by atoms with Crippen molar-refractivity contribution in [1.82, 2.24) is 19.9 Å². The fourth-order valence-electron chi connectivity index (χ4n) is 2.60. The van der Waals surface area contributed by atoms with Gasteiger partial charge in [-0.2, -0.15) is 15.0 Å². The third-order valence-electron chi connectivity index (χ3n) is 4.29. The van der Waals surface area contributed by atoms with Gasteiger partial charge in [0, 0.05) is 24.1 Å². The zero-order chi connectivity index (χ0) is 19.6. The van der Waals surface area contributed by atoms with Gasteiger partial charge in [0.15, 0.2) is 5.82 Å². The summed E-state index contributed by atoms with van der Waals surface area (Å²) in [4.78, 5) is 16.9. The second-order valence-electron chi connectivity index (χ2n) is 6.61. The number of aromatic nitrogens is 3. The normalized spacial score (nSPS) is 12.4. The predicted molar refractivity (Wildman–Crippen MR) is 110 cm³/mol. The maximum absolute atomic E-state index is 6.01. The number of hydrogen-bond donors (Lipinski definition) is 1. The van der Waals surface area contributed by atoms with Crippen LogP contribution in [0.2, 0.25) is 0 Å². The van der Waals surface area contributed by atoms with Crippen molar-refractivity contribution >= 4 is 27.8 Å². The van der Waals surface area contributed by atoms with Gasteiger partial charge in [0.25, 0.3) is 0 Å². The average molecular weight is 431 g/mol. The average Bonchev–Trinajstić information content (AvgIpc) is 3.09. The molecule has 2 heterocycles. The fourth-order valence-corrected chi connectivity index (χ4v) is 2.86. The highest BCUT2D eigenvalue weighted by Crippen LogP contribution is 2.26. The topological polar surface area (TPSA) is 84.3 Å². The molecular formula is C19H23BrN6O. The van der Waals surface area contributed by atoms with Crippen LogP contribution >= 0.6 is 15.9 Å². The van der Waals surface area contributed by atoms with Gasteiger partial charge in [-0.1, -0.05) is 28.1 Å². The molecule has 0 saturated heterocycles. The van der Waals surface area contributed by atoms with E-state index in [4.69, 9.17) is 10.2 Å². The first-order chi connectivity index (χ1) is 12.8. The van der Waals surface area contributed by atoms with Crippen molar-refractivity contribution in [1.29, 1.82) is 0 Å². The number of benzene rings is 1. The molecule has 0 aliphatic carbocycles. The van der Waals surface area contributed by atoms with Crippen molar-refractivity contribution in [3.8, 4) is 11.3 Å². The van der Waals surface area contributed by atoms with E-state index in [1.165, 1.54) is 0 Å². The number of furan rings is 1. The second kappa shape index (κ2) is 8.06. The van der Waals surface area contributed by atoms with Crippen LogP contribution in [0.1, 0.15) is 24.6 Å². The highest BCUT2D eigenvalue weighted by Gasteiger charge is 2.19. The lowest BCUT2D eigenvalue weighted by Gasteiger charge is -2.23. The van der Waals surface area contributed by atoms with Gasteiger partial charge in [-0.15, -0.1) is 0 Å². The van der Waals surface area contributed by atoms with Gasteiger partial charge in [0.1, 0.15) is 11.5 Å². The number of nitrogens with two attached hydrogens (primary N) is 1. The molecular weight excluding hydrogens is 408 g/mol. The highest BCUT2D eigenvalue weighted by atomic mass is 79.9. The van der Waals surface area contributed by atoms with Crippen molar-refractivity contribution in [2.75, 3.05) is 31.8 Å². The molecule has 1 atom stereocenters. The van der Waals surface area contributed by atoms with Crippen molar-refractivity contribution < 1.29 is 4.42 Å². The Hall–Kier alpha value is -2.45. The van der Waals surface area contributed by atoms with Crippen LogP contribution in [0.3, 0.4) is 0 Å². The number of nitrogens with zero attached hydrogens (tertiary/aromatic N) is 5. The van der Waals surface area contributed by atoms with E-state index in [2.05, 4.69) is 35.8 Å². The quantitative estimate of drug-likeness (QED) is 0.637. The summed E-state index contributed by atoms with van der Waals surface area (Å²) in [5.41, 5.74) is 6.88. The molecule has 8 heteroatoms. The Bertz CT molecular complexity index is 909. The van der Waals surface area contributed by atoms with E-state index in [1.807, 2.05) is 69.4 Å². The molecule has 0 fully saturated rings. The van der Waals surface area contributed by atoms with Gasteiger partial charge in [-0.25, -0.2) is 0 Å². The van der Waals surface area contributed by atoms with Crippen LogP contribution in [0.5, 0.6) is 0 Å². The Balaban J connectivity index is 1.73. The molecule has 1 aromatic carbocycles. The van der Waals surface area contributed by atoms with Gasteiger partial charge in [0.2, 0.25) is 11.9 Å². The maximum Gasteiger partial charge on any atom is 0.229 e. The molecule has 0 aliphatic rings. The van der Waals surface area contributed by atoms with Crippen LogP contribution in [0.4, 0.5) is 11.9 Å². The third kappa shape index (κ3) is 4.64. The zero-order valence-electron chi connectivity index (χ0n) is 15.8. The Morgan fingerprint density at radius 2 is 1.74 bits per heavy atom. The van der Waals surface area contributed by atoms with Crippen LogP contribution in [0.25, 0.3) is 11.3 Å². The van der Waals surface area contributed by atoms with E-state index in [1.54, 1.807) is 0 Å². The van der Waals surface area contributed by atoms with Crippen molar-refractivity contribution in [3.63, 3.8) is 0 Å². The summed E-state index contributed by atoms with van der Waals surface area (Å²) in [5, 5.41) is 0. The molecule has 0 saturated carbocycles. The second-order valence-corrected chi connectivity index (χ2v) is 7.53. The smallest absolute Gasteiger partial charge is 0.229 e. The predicted octanol–water partition coefficient (Wildman–Crippen LogP) is 3.74. The number of nitrogen functional groups attached to an aromatic ring is 1. The largest absolute Gasteiger partial charge is 0.460 e. The first kappa shape index (κ1) is 19.3. The standard InChI is InChI=1S/C19H23BrN6O/c1-12(17-22-18(21)24-19(23-17)25(2)3)26(4)11-15-9-10-16(27-15)13-5-7-14(20)8-6-13/h5-10,12H,11H2,1-4H3,(H2,21,22,23,24)/t12-/m0/s1. The lowest BCUT2D eigenvalue weighted by Crippen LogP contribution is -2.25. The van der Waals surface area contributed by atoms with E-state index in [-0.39, 0.29) is 12.0 Å². The molecule has 0 unspecified atom stereocenters. The SMILES string of the molecule is C[C@@H](c1nc(N)nc(N(C)C)n1)N(C)Cc1ccc(-c2ccc(Br)cc2)o1. The summed E-state index contributed by atoms with van der Waals surface area (Å²) >= 11 is 3.45. The van der Waals surface area contributed by atoms with Crippen LogP contribution in [0, 0.1) is 0 Å². The Morgan fingerprint density at radius 3 is 2.41 bits per heavy atom. The number of halogens is 1. The summed E-state index contributed by atoms with van der Waals surface area (Å²) in [7, 11) is 5.75. The molecule has 27 heavy (non-hydrogen) atoms. The van der Waals surface area contributed by atoms with Crippen molar-refractivity contribution in [3.05, 3.63) is 52.5 Å². The summed E-state index contributed by atoms with van der Waals surface area (Å²) < 4.78 is 7.05. The van der Waals surface area contributed by atoms with E-state index in [0.29, 0.717) is 18.3 Å². The minimum atomic E-state index is -0.0461. The molecule has 0 spiro atoms. The Kier molecular flexibility index (Phi) is 5.76. The molecule has 3 rings (SSSR count). The van der Waals surface area contributed by atoms with E-state index in [9.17, 15) is 0 Å². The lowest BCUT2D eigenvalue weighted by atomic mass is 10.2. The molecule has 142 valence electrons. The van der Waals surface area contributed by atoms with Crippen LogP contribution in [-0.4, -0.2) is 41.0 Å². The van der Waals surface area contributed by atoms with E-state index in [0.717, 1.165) is 21.6 Å². The summed E-state index contributed by atoms with van der Waals surface area (Å²) in [5.74, 6) is 3.12. The van der Waals surface area contributed by atoms with Gasteiger partial charge < -0.3 is 15.1 Å². The Labute approximate surface area is 167 Å².